The van der Waals surface area contributed by atoms with E-state index in [-0.39, 0.29) is 17.5 Å². The molecular formula is C19H20F3N5O. The maximum atomic E-state index is 12.6. The molecule has 3 heterocycles. The summed E-state index contributed by atoms with van der Waals surface area (Å²) >= 11 is 0. The van der Waals surface area contributed by atoms with E-state index < -0.39 is 11.9 Å². The molecule has 6 nitrogen and oxygen atoms in total. The number of nitrogens with zero attached hydrogens (tertiary/aromatic N) is 5. The maximum absolute atomic E-state index is 12.6. The molecule has 2 aromatic rings. The number of aromatic nitrogens is 3. The fourth-order valence-electron chi connectivity index (χ4n) is 3.58. The highest BCUT2D eigenvalue weighted by atomic mass is 19.4. The number of likely N-dealkylation sites (N-methyl/N-ethyl adjacent to an activating group) is 1. The first-order valence-corrected chi connectivity index (χ1v) is 9.24. The first kappa shape index (κ1) is 18.6. The molecule has 0 saturated carbocycles. The quantitative estimate of drug-likeness (QED) is 0.805. The van der Waals surface area contributed by atoms with Gasteiger partial charge in [0.2, 0.25) is 0 Å². The van der Waals surface area contributed by atoms with E-state index in [4.69, 9.17) is 0 Å². The van der Waals surface area contributed by atoms with Crippen molar-refractivity contribution < 1.29 is 18.0 Å². The van der Waals surface area contributed by atoms with Gasteiger partial charge in [0.05, 0.1) is 17.3 Å². The Kier molecular flexibility index (Phi) is 4.68. The summed E-state index contributed by atoms with van der Waals surface area (Å²) in [4.78, 5) is 19.5. The van der Waals surface area contributed by atoms with Crippen molar-refractivity contribution in [1.82, 2.24) is 20.1 Å². The van der Waals surface area contributed by atoms with Gasteiger partial charge in [-0.1, -0.05) is 0 Å². The summed E-state index contributed by atoms with van der Waals surface area (Å²) in [6, 6.07) is 4.04. The second-order valence-corrected chi connectivity index (χ2v) is 7.29. The van der Waals surface area contributed by atoms with Crippen LogP contribution in [0.15, 0.2) is 24.4 Å². The number of pyridine rings is 1. The molecule has 9 heteroatoms. The number of carbonyl (C=O) groups is 1. The summed E-state index contributed by atoms with van der Waals surface area (Å²) in [7, 11) is 1.65. The Hall–Kier alpha value is -2.71. The summed E-state index contributed by atoms with van der Waals surface area (Å²) in [6.45, 7) is 1.23. The molecule has 0 radical (unpaired) electrons. The predicted molar refractivity (Wildman–Crippen MR) is 96.0 cm³/mol. The van der Waals surface area contributed by atoms with Crippen LogP contribution >= 0.6 is 0 Å². The van der Waals surface area contributed by atoms with E-state index in [1.54, 1.807) is 11.9 Å². The van der Waals surface area contributed by atoms with Crippen molar-refractivity contribution in [3.8, 4) is 0 Å². The van der Waals surface area contributed by atoms with Crippen LogP contribution < -0.4 is 4.90 Å². The third kappa shape index (κ3) is 3.53. The molecule has 0 atom stereocenters. The minimum Gasteiger partial charge on any atom is -0.351 e. The van der Waals surface area contributed by atoms with Gasteiger partial charge in [-0.3, -0.25) is 9.78 Å². The van der Waals surface area contributed by atoms with Crippen molar-refractivity contribution in [3.63, 3.8) is 0 Å². The number of anilines is 1. The Morgan fingerprint density at radius 1 is 1.18 bits per heavy atom. The second kappa shape index (κ2) is 7.03. The van der Waals surface area contributed by atoms with Crippen molar-refractivity contribution in [1.29, 1.82) is 0 Å². The number of amides is 1. The van der Waals surface area contributed by atoms with Gasteiger partial charge in [0.25, 0.3) is 5.91 Å². The van der Waals surface area contributed by atoms with Crippen LogP contribution in [-0.2, 0) is 19.0 Å². The summed E-state index contributed by atoms with van der Waals surface area (Å²) in [5.41, 5.74) is 1.46. The first-order valence-electron chi connectivity index (χ1n) is 9.24. The maximum Gasteiger partial charge on any atom is 0.433 e. The molecule has 1 aliphatic heterocycles. The Labute approximate surface area is 160 Å². The number of carbonyl (C=O) groups excluding carboxylic acids is 1. The molecular weight excluding hydrogens is 371 g/mol. The molecule has 1 amide bonds. The molecule has 0 spiro atoms. The average molecular weight is 391 g/mol. The molecule has 28 heavy (non-hydrogen) atoms. The molecule has 1 aliphatic carbocycles. The number of rotatable bonds is 3. The fraction of sp³-hybridized carbons (Fsp3) is 0.474. The Morgan fingerprint density at radius 2 is 1.93 bits per heavy atom. The van der Waals surface area contributed by atoms with Crippen molar-refractivity contribution >= 4 is 11.7 Å². The molecule has 0 N–H and O–H groups in total. The molecule has 148 valence electrons. The Bertz CT molecular complexity index is 878. The average Bonchev–Trinajstić information content (AvgIpc) is 2.65. The van der Waals surface area contributed by atoms with E-state index in [0.29, 0.717) is 13.1 Å². The number of aryl methyl sites for hydroxylation is 2. The zero-order valence-corrected chi connectivity index (χ0v) is 15.4. The van der Waals surface area contributed by atoms with Crippen molar-refractivity contribution in [3.05, 3.63) is 46.9 Å². The molecule has 0 unspecified atom stereocenters. The Balaban J connectivity index is 1.38. The topological polar surface area (TPSA) is 62.2 Å². The summed E-state index contributed by atoms with van der Waals surface area (Å²) in [5, 5.41) is 8.63. The van der Waals surface area contributed by atoms with Crippen molar-refractivity contribution in [2.45, 2.75) is 37.9 Å². The third-order valence-electron chi connectivity index (χ3n) is 5.41. The zero-order valence-electron chi connectivity index (χ0n) is 15.4. The highest BCUT2D eigenvalue weighted by Crippen LogP contribution is 2.28. The van der Waals surface area contributed by atoms with Gasteiger partial charge in [-0.2, -0.15) is 18.3 Å². The fourth-order valence-corrected chi connectivity index (χ4v) is 3.58. The smallest absolute Gasteiger partial charge is 0.351 e. The van der Waals surface area contributed by atoms with E-state index in [9.17, 15) is 18.0 Å². The molecule has 2 aliphatic rings. The largest absolute Gasteiger partial charge is 0.433 e. The summed E-state index contributed by atoms with van der Waals surface area (Å²) in [5.74, 6) is 0.469. The van der Waals surface area contributed by atoms with Crippen LogP contribution in [0.5, 0.6) is 0 Å². The minimum absolute atomic E-state index is 0.0346. The molecule has 1 fully saturated rings. The lowest BCUT2D eigenvalue weighted by Crippen LogP contribution is -2.60. The highest BCUT2D eigenvalue weighted by molar-refractivity contribution is 5.94. The number of alkyl halides is 3. The normalized spacial score (nSPS) is 17.1. The van der Waals surface area contributed by atoms with Crippen LogP contribution in [0.4, 0.5) is 19.0 Å². The second-order valence-electron chi connectivity index (χ2n) is 7.29. The lowest BCUT2D eigenvalue weighted by Gasteiger charge is -2.44. The van der Waals surface area contributed by atoms with Gasteiger partial charge in [0, 0.05) is 26.3 Å². The van der Waals surface area contributed by atoms with Crippen LogP contribution in [0.1, 0.15) is 40.2 Å². The summed E-state index contributed by atoms with van der Waals surface area (Å²) < 4.78 is 37.8. The van der Waals surface area contributed by atoms with Gasteiger partial charge in [-0.25, -0.2) is 0 Å². The Morgan fingerprint density at radius 3 is 2.61 bits per heavy atom. The molecule has 0 bridgehead atoms. The number of hydrogen-bond donors (Lipinski definition) is 0. The SMILES string of the molecule is CN(C(=O)c1ccc(C(F)(F)F)nc1)C1CN(c2cc3c(nn2)CCCC3)C1. The van der Waals surface area contributed by atoms with Gasteiger partial charge in [0.15, 0.2) is 5.82 Å². The van der Waals surface area contributed by atoms with Crippen LogP contribution in [0.3, 0.4) is 0 Å². The van der Waals surface area contributed by atoms with E-state index in [1.807, 2.05) is 0 Å². The van der Waals surface area contributed by atoms with Gasteiger partial charge < -0.3 is 9.80 Å². The number of fused-ring (bicyclic) bond motifs is 1. The van der Waals surface area contributed by atoms with Gasteiger partial charge in [-0.15, -0.1) is 5.10 Å². The van der Waals surface area contributed by atoms with Crippen LogP contribution in [0.2, 0.25) is 0 Å². The molecule has 1 saturated heterocycles. The van der Waals surface area contributed by atoms with Crippen LogP contribution in [0, 0.1) is 0 Å². The number of hydrogen-bond acceptors (Lipinski definition) is 5. The number of halogens is 3. The summed E-state index contributed by atoms with van der Waals surface area (Å²) in [6.07, 6.45) is 0.778. The van der Waals surface area contributed by atoms with Gasteiger partial charge in [0.1, 0.15) is 5.69 Å². The first-order chi connectivity index (χ1) is 13.3. The lowest BCUT2D eigenvalue weighted by molar-refractivity contribution is -0.141. The van der Waals surface area contributed by atoms with E-state index >= 15 is 0 Å². The van der Waals surface area contributed by atoms with Crippen LogP contribution in [-0.4, -0.2) is 52.2 Å². The monoisotopic (exact) mass is 391 g/mol. The van der Waals surface area contributed by atoms with Gasteiger partial charge in [-0.05, 0) is 49.4 Å². The third-order valence-corrected chi connectivity index (χ3v) is 5.41. The lowest BCUT2D eigenvalue weighted by atomic mass is 9.96. The van der Waals surface area contributed by atoms with Crippen molar-refractivity contribution in [2.24, 2.45) is 0 Å². The van der Waals surface area contributed by atoms with E-state index in [1.165, 1.54) is 18.1 Å². The zero-order chi connectivity index (χ0) is 19.9. The standard InChI is InChI=1S/C19H20F3N5O/c1-26(18(28)13-6-7-16(23-9-13)19(20,21)22)14-10-27(11-14)17-8-12-4-2-3-5-15(12)24-25-17/h6-9,14H,2-5,10-11H2,1H3. The van der Waals surface area contributed by atoms with Gasteiger partial charge >= 0.3 is 6.18 Å². The minimum atomic E-state index is -4.52. The van der Waals surface area contributed by atoms with E-state index in [2.05, 4.69) is 26.1 Å². The van der Waals surface area contributed by atoms with Crippen molar-refractivity contribution in [2.75, 3.05) is 25.0 Å². The molecule has 0 aromatic carbocycles. The van der Waals surface area contributed by atoms with Crippen LogP contribution in [0.25, 0.3) is 0 Å². The van der Waals surface area contributed by atoms with E-state index in [0.717, 1.165) is 43.0 Å². The predicted octanol–water partition coefficient (Wildman–Crippen LogP) is 2.73. The highest BCUT2D eigenvalue weighted by Gasteiger charge is 2.35. The molecule has 4 rings (SSSR count). The molecule has 2 aromatic heterocycles.